The third-order valence-electron chi connectivity index (χ3n) is 4.52. The number of rotatable bonds is 2. The van der Waals surface area contributed by atoms with Gasteiger partial charge in [0.1, 0.15) is 6.04 Å². The smallest absolute Gasteiger partial charge is 0.290 e. The number of fused-ring (bicyclic) bond motifs is 3. The molecule has 0 spiro atoms. The van der Waals surface area contributed by atoms with Crippen LogP contribution in [0, 0.1) is 0 Å². The standard InChI is InChI=1S/C17H18N4O.CH2O2/c1-12(21-9-7-18-11-21)17(22)20-8-6-14-13-4-2-3-5-15(13)19-16(14)10-20;2-1-3/h2-5,7,9,11-12,19H,6,8,10H2,1H3;1H,(H,2,3). The molecule has 0 bridgehead atoms. The molecule has 1 unspecified atom stereocenters. The highest BCUT2D eigenvalue weighted by atomic mass is 16.3. The van der Waals surface area contributed by atoms with Crippen molar-refractivity contribution in [2.45, 2.75) is 25.9 Å². The summed E-state index contributed by atoms with van der Waals surface area (Å²) in [4.78, 5) is 30.5. The van der Waals surface area contributed by atoms with Crippen molar-refractivity contribution >= 4 is 23.3 Å². The summed E-state index contributed by atoms with van der Waals surface area (Å²) in [6.07, 6.45) is 6.14. The van der Waals surface area contributed by atoms with Crippen LogP contribution in [-0.2, 0) is 22.6 Å². The second-order valence-electron chi connectivity index (χ2n) is 5.93. The minimum atomic E-state index is -0.250. The lowest BCUT2D eigenvalue weighted by molar-refractivity contribution is -0.135. The minimum Gasteiger partial charge on any atom is -0.483 e. The van der Waals surface area contributed by atoms with Crippen LogP contribution < -0.4 is 0 Å². The molecule has 25 heavy (non-hydrogen) atoms. The Morgan fingerprint density at radius 1 is 1.40 bits per heavy atom. The fourth-order valence-electron chi connectivity index (χ4n) is 3.27. The molecule has 4 rings (SSSR count). The number of nitrogens with zero attached hydrogens (tertiary/aromatic N) is 3. The molecule has 130 valence electrons. The number of para-hydroxylation sites is 1. The van der Waals surface area contributed by atoms with Gasteiger partial charge in [0.2, 0.25) is 5.91 Å². The highest BCUT2D eigenvalue weighted by Gasteiger charge is 2.27. The van der Waals surface area contributed by atoms with Crippen LogP contribution in [0.3, 0.4) is 0 Å². The van der Waals surface area contributed by atoms with Crippen LogP contribution >= 0.6 is 0 Å². The number of imidazole rings is 1. The highest BCUT2D eigenvalue weighted by Crippen LogP contribution is 2.28. The molecule has 0 fully saturated rings. The van der Waals surface area contributed by atoms with E-state index in [0.29, 0.717) is 6.54 Å². The first kappa shape index (κ1) is 16.8. The Morgan fingerprint density at radius 2 is 2.16 bits per heavy atom. The van der Waals surface area contributed by atoms with E-state index < -0.39 is 0 Å². The van der Waals surface area contributed by atoms with Gasteiger partial charge in [-0.25, -0.2) is 4.98 Å². The third-order valence-corrected chi connectivity index (χ3v) is 4.52. The van der Waals surface area contributed by atoms with E-state index in [1.165, 1.54) is 16.6 Å². The van der Waals surface area contributed by atoms with Crippen molar-refractivity contribution in [2.75, 3.05) is 6.54 Å². The number of amides is 1. The van der Waals surface area contributed by atoms with E-state index >= 15 is 0 Å². The van der Waals surface area contributed by atoms with Crippen molar-refractivity contribution < 1.29 is 14.7 Å². The highest BCUT2D eigenvalue weighted by molar-refractivity contribution is 5.86. The molecule has 2 aromatic heterocycles. The fraction of sp³-hybridized carbons (Fsp3) is 0.278. The third kappa shape index (κ3) is 3.26. The van der Waals surface area contributed by atoms with Crippen molar-refractivity contribution in [3.8, 4) is 0 Å². The molecule has 2 N–H and O–H groups in total. The molecule has 1 aliphatic rings. The van der Waals surface area contributed by atoms with E-state index in [9.17, 15) is 4.79 Å². The summed E-state index contributed by atoms with van der Waals surface area (Å²) >= 11 is 0. The first-order valence-corrected chi connectivity index (χ1v) is 8.08. The first-order valence-electron chi connectivity index (χ1n) is 8.08. The second-order valence-corrected chi connectivity index (χ2v) is 5.93. The Bertz CT molecular complexity index is 870. The van der Waals surface area contributed by atoms with E-state index in [2.05, 4.69) is 28.2 Å². The van der Waals surface area contributed by atoms with Crippen LogP contribution in [0.15, 0.2) is 43.0 Å². The van der Waals surface area contributed by atoms with Gasteiger partial charge in [-0.1, -0.05) is 18.2 Å². The number of hydrogen-bond donors (Lipinski definition) is 2. The average Bonchev–Trinajstić information content (AvgIpc) is 3.28. The predicted molar refractivity (Wildman–Crippen MR) is 93.1 cm³/mol. The molecule has 3 aromatic rings. The number of aromatic nitrogens is 3. The molecular weight excluding hydrogens is 320 g/mol. The van der Waals surface area contributed by atoms with Crippen LogP contribution in [0.5, 0.6) is 0 Å². The average molecular weight is 340 g/mol. The normalized spacial score (nSPS) is 14.4. The quantitative estimate of drug-likeness (QED) is 0.700. The summed E-state index contributed by atoms with van der Waals surface area (Å²) in [6.45, 7) is 3.10. The largest absolute Gasteiger partial charge is 0.483 e. The lowest BCUT2D eigenvalue weighted by Gasteiger charge is -2.29. The van der Waals surface area contributed by atoms with E-state index in [1.807, 2.05) is 28.7 Å². The predicted octanol–water partition coefficient (Wildman–Crippen LogP) is 2.21. The molecule has 0 saturated heterocycles. The molecule has 3 heterocycles. The van der Waals surface area contributed by atoms with Gasteiger partial charge in [0.15, 0.2) is 0 Å². The number of aromatic amines is 1. The zero-order valence-electron chi connectivity index (χ0n) is 13.9. The number of carbonyl (C=O) groups is 2. The maximum atomic E-state index is 12.7. The van der Waals surface area contributed by atoms with Gasteiger partial charge in [-0.3, -0.25) is 9.59 Å². The number of nitrogens with one attached hydrogen (secondary N) is 1. The van der Waals surface area contributed by atoms with E-state index in [0.717, 1.165) is 18.5 Å². The SMILES string of the molecule is CC(C(=O)N1CCc2c([nH]c3ccccc23)C1)n1ccnc1.O=CO. The maximum absolute atomic E-state index is 12.7. The maximum Gasteiger partial charge on any atom is 0.290 e. The van der Waals surface area contributed by atoms with Crippen LogP contribution in [-0.4, -0.2) is 43.5 Å². The number of hydrogen-bond acceptors (Lipinski definition) is 3. The van der Waals surface area contributed by atoms with Crippen LogP contribution in [0.2, 0.25) is 0 Å². The molecule has 0 saturated carbocycles. The summed E-state index contributed by atoms with van der Waals surface area (Å²) in [5.41, 5.74) is 3.68. The molecule has 0 aliphatic carbocycles. The number of benzene rings is 1. The topological polar surface area (TPSA) is 91.2 Å². The Labute approximate surface area is 144 Å². The van der Waals surface area contributed by atoms with Crippen LogP contribution in [0.25, 0.3) is 10.9 Å². The van der Waals surface area contributed by atoms with Gasteiger partial charge < -0.3 is 19.6 Å². The Kier molecular flexibility index (Phi) is 4.83. The first-order chi connectivity index (χ1) is 12.2. The van der Waals surface area contributed by atoms with Crippen LogP contribution in [0.1, 0.15) is 24.2 Å². The minimum absolute atomic E-state index is 0.141. The molecule has 1 aliphatic heterocycles. The van der Waals surface area contributed by atoms with Gasteiger partial charge >= 0.3 is 0 Å². The number of carboxylic acid groups (broad SMARTS) is 1. The Morgan fingerprint density at radius 3 is 2.88 bits per heavy atom. The lowest BCUT2D eigenvalue weighted by atomic mass is 10.0. The molecule has 1 amide bonds. The van der Waals surface area contributed by atoms with Crippen LogP contribution in [0.4, 0.5) is 0 Å². The number of H-pyrrole nitrogens is 1. The molecular formula is C18H20N4O3. The van der Waals surface area contributed by atoms with E-state index in [4.69, 9.17) is 9.90 Å². The molecule has 1 atom stereocenters. The summed E-state index contributed by atoms with van der Waals surface area (Å²) in [5, 5.41) is 8.17. The molecule has 0 radical (unpaired) electrons. The second kappa shape index (κ2) is 7.21. The van der Waals surface area contributed by atoms with Crippen molar-refractivity contribution in [3.05, 3.63) is 54.2 Å². The lowest BCUT2D eigenvalue weighted by Crippen LogP contribution is -2.39. The zero-order chi connectivity index (χ0) is 17.8. The van der Waals surface area contributed by atoms with E-state index in [-0.39, 0.29) is 18.4 Å². The summed E-state index contributed by atoms with van der Waals surface area (Å²) < 4.78 is 1.85. The Balaban J connectivity index is 0.000000569. The Hall–Kier alpha value is -3.09. The van der Waals surface area contributed by atoms with Gasteiger partial charge in [-0.15, -0.1) is 0 Å². The van der Waals surface area contributed by atoms with E-state index in [1.54, 1.807) is 12.5 Å². The van der Waals surface area contributed by atoms with Crippen molar-refractivity contribution in [1.29, 1.82) is 0 Å². The molecule has 7 heteroatoms. The zero-order valence-corrected chi connectivity index (χ0v) is 13.9. The van der Waals surface area contributed by atoms with Crippen molar-refractivity contribution in [3.63, 3.8) is 0 Å². The summed E-state index contributed by atoms with van der Waals surface area (Å²) in [6, 6.07) is 8.13. The molecule has 1 aromatic carbocycles. The summed E-state index contributed by atoms with van der Waals surface area (Å²) in [5.74, 6) is 0.141. The van der Waals surface area contributed by atoms with Crippen molar-refractivity contribution in [2.24, 2.45) is 0 Å². The van der Waals surface area contributed by atoms with Gasteiger partial charge in [0, 0.05) is 35.5 Å². The van der Waals surface area contributed by atoms with Gasteiger partial charge in [-0.2, -0.15) is 0 Å². The van der Waals surface area contributed by atoms with Crippen molar-refractivity contribution in [1.82, 2.24) is 19.4 Å². The summed E-state index contributed by atoms with van der Waals surface area (Å²) in [7, 11) is 0. The van der Waals surface area contributed by atoms with Gasteiger partial charge in [0.25, 0.3) is 6.47 Å². The number of carbonyl (C=O) groups excluding carboxylic acids is 1. The molecule has 7 nitrogen and oxygen atoms in total. The monoisotopic (exact) mass is 340 g/mol. The van der Waals surface area contributed by atoms with Gasteiger partial charge in [-0.05, 0) is 25.0 Å². The van der Waals surface area contributed by atoms with Gasteiger partial charge in [0.05, 0.1) is 12.9 Å². The fourth-order valence-corrected chi connectivity index (χ4v) is 3.27.